The highest BCUT2D eigenvalue weighted by atomic mass is 32.1. The van der Waals surface area contributed by atoms with Gasteiger partial charge in [0.25, 0.3) is 0 Å². The fourth-order valence-corrected chi connectivity index (χ4v) is 2.43. The maximum Gasteiger partial charge on any atom is 0.240 e. The van der Waals surface area contributed by atoms with E-state index in [0.717, 1.165) is 31.7 Å². The number of thiazole rings is 1. The first kappa shape index (κ1) is 12.5. The van der Waals surface area contributed by atoms with Crippen molar-refractivity contribution in [3.63, 3.8) is 0 Å². The first-order valence-electron chi connectivity index (χ1n) is 5.78. The summed E-state index contributed by atoms with van der Waals surface area (Å²) in [5, 5.41) is 8.42. The van der Waals surface area contributed by atoms with Gasteiger partial charge >= 0.3 is 0 Å². The number of nitrogens with zero attached hydrogens (tertiary/aromatic N) is 1. The molecule has 0 radical (unpaired) electrons. The van der Waals surface area contributed by atoms with E-state index in [4.69, 9.17) is 4.74 Å². The van der Waals surface area contributed by atoms with Crippen LogP contribution in [-0.4, -0.2) is 36.7 Å². The molecular formula is C11H17N3O2S. The van der Waals surface area contributed by atoms with Gasteiger partial charge < -0.3 is 15.4 Å². The van der Waals surface area contributed by atoms with Gasteiger partial charge in [0.2, 0.25) is 5.91 Å². The molecule has 5 nitrogen and oxygen atoms in total. The summed E-state index contributed by atoms with van der Waals surface area (Å²) in [5.74, 6) is -0.0580. The maximum absolute atomic E-state index is 11.5. The van der Waals surface area contributed by atoms with Crippen molar-refractivity contribution >= 4 is 22.4 Å². The summed E-state index contributed by atoms with van der Waals surface area (Å²) in [6.07, 6.45) is 2.47. The lowest BCUT2D eigenvalue weighted by atomic mass is 10.2. The Labute approximate surface area is 105 Å². The highest BCUT2D eigenvalue weighted by Gasteiger charge is 2.15. The number of amides is 1. The summed E-state index contributed by atoms with van der Waals surface area (Å²) in [5.41, 5.74) is 0.928. The molecule has 0 spiro atoms. The van der Waals surface area contributed by atoms with E-state index in [-0.39, 0.29) is 12.0 Å². The van der Waals surface area contributed by atoms with E-state index in [1.807, 2.05) is 12.3 Å². The van der Waals surface area contributed by atoms with E-state index in [1.165, 1.54) is 11.3 Å². The van der Waals surface area contributed by atoms with E-state index in [2.05, 4.69) is 15.6 Å². The van der Waals surface area contributed by atoms with Crippen LogP contribution in [0.3, 0.4) is 0 Å². The Morgan fingerprint density at radius 2 is 2.59 bits per heavy atom. The maximum atomic E-state index is 11.5. The summed E-state index contributed by atoms with van der Waals surface area (Å²) in [7, 11) is 0. The van der Waals surface area contributed by atoms with Gasteiger partial charge in [0.05, 0.1) is 18.3 Å². The number of rotatable bonds is 5. The number of carbonyl (C=O) groups is 1. The van der Waals surface area contributed by atoms with Crippen LogP contribution < -0.4 is 10.6 Å². The standard InChI is InChI=1S/C11H17N3O2S/c1-8-7-17-11(13-8)14-10(15)6-12-5-9-3-2-4-16-9/h7,9,12H,2-6H2,1H3,(H,13,14,15). The smallest absolute Gasteiger partial charge is 0.240 e. The number of nitrogens with one attached hydrogen (secondary N) is 2. The molecule has 2 heterocycles. The molecule has 1 aromatic heterocycles. The normalized spacial score (nSPS) is 19.5. The minimum Gasteiger partial charge on any atom is -0.377 e. The van der Waals surface area contributed by atoms with Crippen LogP contribution in [0.4, 0.5) is 5.13 Å². The van der Waals surface area contributed by atoms with Crippen molar-refractivity contribution < 1.29 is 9.53 Å². The summed E-state index contributed by atoms with van der Waals surface area (Å²) in [4.78, 5) is 15.7. The molecule has 1 atom stereocenters. The molecule has 0 aromatic carbocycles. The first-order chi connectivity index (χ1) is 8.24. The van der Waals surface area contributed by atoms with Gasteiger partial charge in [-0.3, -0.25) is 4.79 Å². The van der Waals surface area contributed by atoms with Crippen LogP contribution >= 0.6 is 11.3 Å². The third-order valence-corrected chi connectivity index (χ3v) is 3.42. The Hall–Kier alpha value is -0.980. The Balaban J connectivity index is 1.63. The van der Waals surface area contributed by atoms with Crippen molar-refractivity contribution in [2.24, 2.45) is 0 Å². The molecule has 2 N–H and O–H groups in total. The number of carbonyl (C=O) groups excluding carboxylic acids is 1. The van der Waals surface area contributed by atoms with Gasteiger partial charge in [-0.15, -0.1) is 11.3 Å². The second-order valence-electron chi connectivity index (χ2n) is 4.11. The van der Waals surface area contributed by atoms with Crippen LogP contribution in [0.2, 0.25) is 0 Å². The SMILES string of the molecule is Cc1csc(NC(=O)CNCC2CCCO2)n1. The van der Waals surface area contributed by atoms with Gasteiger partial charge in [-0.25, -0.2) is 4.98 Å². The molecule has 0 aliphatic carbocycles. The van der Waals surface area contributed by atoms with Crippen molar-refractivity contribution in [2.75, 3.05) is 25.0 Å². The number of ether oxygens (including phenoxy) is 1. The lowest BCUT2D eigenvalue weighted by molar-refractivity contribution is -0.115. The van der Waals surface area contributed by atoms with E-state index < -0.39 is 0 Å². The third-order valence-electron chi connectivity index (χ3n) is 2.55. The molecule has 6 heteroatoms. The second kappa shape index (κ2) is 6.09. The van der Waals surface area contributed by atoms with Gasteiger partial charge in [0.15, 0.2) is 5.13 Å². The van der Waals surface area contributed by atoms with Gasteiger partial charge in [0.1, 0.15) is 0 Å². The lowest BCUT2D eigenvalue weighted by Crippen LogP contribution is -2.33. The first-order valence-corrected chi connectivity index (χ1v) is 6.66. The topological polar surface area (TPSA) is 63.2 Å². The van der Waals surface area contributed by atoms with Crippen molar-refractivity contribution in [3.05, 3.63) is 11.1 Å². The highest BCUT2D eigenvalue weighted by molar-refractivity contribution is 7.13. The largest absolute Gasteiger partial charge is 0.377 e. The van der Waals surface area contributed by atoms with Crippen LogP contribution in [-0.2, 0) is 9.53 Å². The van der Waals surface area contributed by atoms with E-state index in [9.17, 15) is 4.79 Å². The predicted octanol–water partition coefficient (Wildman–Crippen LogP) is 1.16. The molecule has 1 fully saturated rings. The molecule has 1 aliphatic rings. The number of aromatic nitrogens is 1. The van der Waals surface area contributed by atoms with Crippen LogP contribution in [0.1, 0.15) is 18.5 Å². The monoisotopic (exact) mass is 255 g/mol. The average Bonchev–Trinajstić information content (AvgIpc) is 2.90. The van der Waals surface area contributed by atoms with E-state index in [0.29, 0.717) is 11.7 Å². The highest BCUT2D eigenvalue weighted by Crippen LogP contribution is 2.14. The number of anilines is 1. The molecule has 0 saturated carbocycles. The molecule has 2 rings (SSSR count). The van der Waals surface area contributed by atoms with Crippen LogP contribution in [0, 0.1) is 6.92 Å². The molecule has 17 heavy (non-hydrogen) atoms. The third kappa shape index (κ3) is 4.07. The molecule has 1 unspecified atom stereocenters. The van der Waals surface area contributed by atoms with Crippen LogP contribution in [0.15, 0.2) is 5.38 Å². The molecule has 1 aromatic rings. The second-order valence-corrected chi connectivity index (χ2v) is 4.97. The van der Waals surface area contributed by atoms with E-state index >= 15 is 0 Å². The van der Waals surface area contributed by atoms with Crippen molar-refractivity contribution in [1.82, 2.24) is 10.3 Å². The Morgan fingerprint density at radius 1 is 1.71 bits per heavy atom. The lowest BCUT2D eigenvalue weighted by Gasteiger charge is -2.09. The van der Waals surface area contributed by atoms with Gasteiger partial charge in [-0.1, -0.05) is 0 Å². The summed E-state index contributed by atoms with van der Waals surface area (Å²) < 4.78 is 5.45. The Kier molecular flexibility index (Phi) is 4.47. The van der Waals surface area contributed by atoms with Gasteiger partial charge in [-0.05, 0) is 19.8 Å². The molecule has 1 aliphatic heterocycles. The molecular weight excluding hydrogens is 238 g/mol. The van der Waals surface area contributed by atoms with Gasteiger partial charge in [0, 0.05) is 18.5 Å². The minimum absolute atomic E-state index is 0.0580. The number of hydrogen-bond donors (Lipinski definition) is 2. The zero-order chi connectivity index (χ0) is 12.1. The van der Waals surface area contributed by atoms with Crippen LogP contribution in [0.5, 0.6) is 0 Å². The summed E-state index contributed by atoms with van der Waals surface area (Å²) in [6, 6.07) is 0. The fourth-order valence-electron chi connectivity index (χ4n) is 1.73. The van der Waals surface area contributed by atoms with E-state index in [1.54, 1.807) is 0 Å². The number of aryl methyl sites for hydroxylation is 1. The molecule has 94 valence electrons. The zero-order valence-corrected chi connectivity index (χ0v) is 10.7. The molecule has 0 bridgehead atoms. The summed E-state index contributed by atoms with van der Waals surface area (Å²) in [6.45, 7) is 3.79. The Morgan fingerprint density at radius 3 is 3.24 bits per heavy atom. The Bertz CT molecular complexity index is 375. The minimum atomic E-state index is -0.0580. The van der Waals surface area contributed by atoms with Crippen molar-refractivity contribution in [2.45, 2.75) is 25.9 Å². The summed E-state index contributed by atoms with van der Waals surface area (Å²) >= 11 is 1.44. The fraction of sp³-hybridized carbons (Fsp3) is 0.636. The molecule has 1 amide bonds. The predicted molar refractivity (Wildman–Crippen MR) is 67.3 cm³/mol. The average molecular weight is 255 g/mol. The quantitative estimate of drug-likeness (QED) is 0.828. The van der Waals surface area contributed by atoms with Gasteiger partial charge in [-0.2, -0.15) is 0 Å². The number of hydrogen-bond acceptors (Lipinski definition) is 5. The van der Waals surface area contributed by atoms with Crippen molar-refractivity contribution in [1.29, 1.82) is 0 Å². The zero-order valence-electron chi connectivity index (χ0n) is 9.86. The molecule has 1 saturated heterocycles. The van der Waals surface area contributed by atoms with Crippen molar-refractivity contribution in [3.8, 4) is 0 Å². The van der Waals surface area contributed by atoms with Crippen LogP contribution in [0.25, 0.3) is 0 Å².